The maximum atomic E-state index is 11.9. The fraction of sp³-hybridized carbons (Fsp3) is 0.562. The number of rotatable bonds is 5. The molecule has 1 aliphatic rings. The summed E-state index contributed by atoms with van der Waals surface area (Å²) in [5, 5.41) is 12.6. The Hall–Kier alpha value is -1.22. The van der Waals surface area contributed by atoms with Crippen molar-refractivity contribution in [3.63, 3.8) is 0 Å². The number of halogens is 1. The quantitative estimate of drug-likeness (QED) is 0.818. The molecule has 1 aliphatic carbocycles. The van der Waals surface area contributed by atoms with Crippen molar-refractivity contribution in [2.24, 2.45) is 0 Å². The number of phenolic OH excluding ortho intramolecular Hbond substituents is 1. The monoisotopic (exact) mass is 295 g/mol. The van der Waals surface area contributed by atoms with Gasteiger partial charge in [0.25, 0.3) is 0 Å². The number of hydrogen-bond donors (Lipinski definition) is 2. The van der Waals surface area contributed by atoms with Crippen molar-refractivity contribution in [3.8, 4) is 5.75 Å². The predicted octanol–water partition coefficient (Wildman–Crippen LogP) is 3.38. The fourth-order valence-corrected chi connectivity index (χ4v) is 3.19. The summed E-state index contributed by atoms with van der Waals surface area (Å²) in [6, 6.07) is 7.26. The van der Waals surface area contributed by atoms with E-state index in [-0.39, 0.29) is 17.2 Å². The second-order valence-corrected chi connectivity index (χ2v) is 6.05. The third kappa shape index (κ3) is 4.14. The third-order valence-corrected chi connectivity index (χ3v) is 4.20. The number of carbonyl (C=O) groups is 1. The molecule has 0 saturated heterocycles. The number of benzene rings is 1. The lowest BCUT2D eigenvalue weighted by Crippen LogP contribution is -2.51. The molecule has 3 nitrogen and oxygen atoms in total. The van der Waals surface area contributed by atoms with Crippen LogP contribution in [0.2, 0.25) is 0 Å². The van der Waals surface area contributed by atoms with Gasteiger partial charge in [-0.1, -0.05) is 31.4 Å². The molecule has 0 spiro atoms. The molecule has 110 valence electrons. The van der Waals surface area contributed by atoms with Crippen molar-refractivity contribution in [2.45, 2.75) is 50.5 Å². The Bertz CT molecular complexity index is 438. The van der Waals surface area contributed by atoms with Gasteiger partial charge in [0.05, 0.1) is 0 Å². The van der Waals surface area contributed by atoms with Crippen LogP contribution in [-0.2, 0) is 11.2 Å². The van der Waals surface area contributed by atoms with Gasteiger partial charge >= 0.3 is 0 Å². The molecule has 0 radical (unpaired) electrons. The molecular formula is C16H22ClNO2. The first kappa shape index (κ1) is 15.2. The van der Waals surface area contributed by atoms with Crippen LogP contribution < -0.4 is 5.32 Å². The molecule has 2 rings (SSSR count). The Labute approximate surface area is 125 Å². The highest BCUT2D eigenvalue weighted by Crippen LogP contribution is 2.32. The zero-order valence-electron chi connectivity index (χ0n) is 11.7. The molecule has 1 amide bonds. The summed E-state index contributed by atoms with van der Waals surface area (Å²) < 4.78 is 0. The molecule has 4 heteroatoms. The van der Waals surface area contributed by atoms with Crippen LogP contribution in [0.5, 0.6) is 5.75 Å². The van der Waals surface area contributed by atoms with Crippen LogP contribution in [0.4, 0.5) is 0 Å². The molecule has 0 unspecified atom stereocenters. The maximum absolute atomic E-state index is 11.9. The van der Waals surface area contributed by atoms with E-state index in [4.69, 9.17) is 11.6 Å². The normalized spacial score (nSPS) is 17.6. The SMILES string of the molecule is O=C(CCCl)NC1(Cc2ccc(O)cc2)CCCCC1. The first-order valence-electron chi connectivity index (χ1n) is 7.28. The zero-order chi connectivity index (χ0) is 14.4. The van der Waals surface area contributed by atoms with Crippen molar-refractivity contribution < 1.29 is 9.90 Å². The van der Waals surface area contributed by atoms with Gasteiger partial charge in [-0.05, 0) is 37.0 Å². The van der Waals surface area contributed by atoms with E-state index in [9.17, 15) is 9.90 Å². The minimum atomic E-state index is -0.141. The van der Waals surface area contributed by atoms with E-state index in [1.807, 2.05) is 12.1 Å². The summed E-state index contributed by atoms with van der Waals surface area (Å²) in [5.74, 6) is 0.680. The second-order valence-electron chi connectivity index (χ2n) is 5.67. The Morgan fingerprint density at radius 1 is 1.20 bits per heavy atom. The van der Waals surface area contributed by atoms with Crippen LogP contribution in [-0.4, -0.2) is 22.4 Å². The number of amides is 1. The maximum Gasteiger partial charge on any atom is 0.221 e. The van der Waals surface area contributed by atoms with Crippen LogP contribution in [0.3, 0.4) is 0 Å². The molecule has 0 heterocycles. The summed E-state index contributed by atoms with van der Waals surface area (Å²) in [6.07, 6.45) is 6.77. The average molecular weight is 296 g/mol. The van der Waals surface area contributed by atoms with E-state index in [1.54, 1.807) is 12.1 Å². The molecule has 1 saturated carbocycles. The topological polar surface area (TPSA) is 49.3 Å². The second kappa shape index (κ2) is 6.98. The zero-order valence-corrected chi connectivity index (χ0v) is 12.5. The lowest BCUT2D eigenvalue weighted by molar-refractivity contribution is -0.123. The van der Waals surface area contributed by atoms with Crippen molar-refractivity contribution >= 4 is 17.5 Å². The molecule has 0 aliphatic heterocycles. The number of phenols is 1. The summed E-state index contributed by atoms with van der Waals surface area (Å²) in [7, 11) is 0. The molecule has 2 N–H and O–H groups in total. The molecule has 0 bridgehead atoms. The Kier molecular flexibility index (Phi) is 5.30. The number of hydrogen-bond acceptors (Lipinski definition) is 2. The van der Waals surface area contributed by atoms with Crippen molar-refractivity contribution in [1.29, 1.82) is 0 Å². The minimum absolute atomic E-state index is 0.0423. The van der Waals surface area contributed by atoms with Crippen LogP contribution in [0.25, 0.3) is 0 Å². The summed E-state index contributed by atoms with van der Waals surface area (Å²) in [4.78, 5) is 11.9. The third-order valence-electron chi connectivity index (χ3n) is 4.02. The summed E-state index contributed by atoms with van der Waals surface area (Å²) in [6.45, 7) is 0. The first-order valence-corrected chi connectivity index (χ1v) is 7.82. The Morgan fingerprint density at radius 2 is 1.85 bits per heavy atom. The standard InChI is InChI=1S/C16H22ClNO2/c17-11-8-15(20)18-16(9-2-1-3-10-16)12-13-4-6-14(19)7-5-13/h4-7,19H,1-3,8-12H2,(H,18,20). The smallest absolute Gasteiger partial charge is 0.221 e. The lowest BCUT2D eigenvalue weighted by atomic mass is 9.77. The highest BCUT2D eigenvalue weighted by Gasteiger charge is 2.33. The summed E-state index contributed by atoms with van der Waals surface area (Å²) >= 11 is 5.65. The number of carbonyl (C=O) groups excluding carboxylic acids is 1. The molecular weight excluding hydrogens is 274 g/mol. The van der Waals surface area contributed by atoms with Crippen LogP contribution >= 0.6 is 11.6 Å². The molecule has 1 aromatic rings. The lowest BCUT2D eigenvalue weighted by Gasteiger charge is -2.38. The number of aromatic hydroxyl groups is 1. The van der Waals surface area contributed by atoms with Gasteiger partial charge in [0.1, 0.15) is 5.75 Å². The highest BCUT2D eigenvalue weighted by molar-refractivity contribution is 6.18. The number of nitrogens with one attached hydrogen (secondary N) is 1. The van der Waals surface area contributed by atoms with E-state index in [1.165, 1.54) is 6.42 Å². The highest BCUT2D eigenvalue weighted by atomic mass is 35.5. The van der Waals surface area contributed by atoms with Crippen molar-refractivity contribution in [1.82, 2.24) is 5.32 Å². The molecule has 1 fully saturated rings. The van der Waals surface area contributed by atoms with Crippen LogP contribution in [0.15, 0.2) is 24.3 Å². The summed E-state index contributed by atoms with van der Waals surface area (Å²) in [5.41, 5.74) is 1.01. The van der Waals surface area contributed by atoms with Gasteiger partial charge in [0.2, 0.25) is 5.91 Å². The van der Waals surface area contributed by atoms with E-state index in [0.29, 0.717) is 12.3 Å². The van der Waals surface area contributed by atoms with E-state index >= 15 is 0 Å². The van der Waals surface area contributed by atoms with Crippen molar-refractivity contribution in [2.75, 3.05) is 5.88 Å². The molecule has 1 aromatic carbocycles. The largest absolute Gasteiger partial charge is 0.508 e. The van der Waals surface area contributed by atoms with Gasteiger partial charge in [-0.25, -0.2) is 0 Å². The van der Waals surface area contributed by atoms with Gasteiger partial charge < -0.3 is 10.4 Å². The molecule has 0 aromatic heterocycles. The van der Waals surface area contributed by atoms with E-state index < -0.39 is 0 Å². The average Bonchev–Trinajstić information content (AvgIpc) is 2.42. The van der Waals surface area contributed by atoms with Gasteiger partial charge in [-0.2, -0.15) is 0 Å². The fourth-order valence-electron chi connectivity index (χ4n) is 3.02. The molecule has 0 atom stereocenters. The van der Waals surface area contributed by atoms with Gasteiger partial charge in [-0.3, -0.25) is 4.79 Å². The molecule has 20 heavy (non-hydrogen) atoms. The van der Waals surface area contributed by atoms with Gasteiger partial charge in [0, 0.05) is 17.8 Å². The number of alkyl halides is 1. The first-order chi connectivity index (χ1) is 9.63. The van der Waals surface area contributed by atoms with Crippen molar-refractivity contribution in [3.05, 3.63) is 29.8 Å². The Balaban J connectivity index is 2.09. The predicted molar refractivity (Wildman–Crippen MR) is 81.1 cm³/mol. The van der Waals surface area contributed by atoms with Crippen LogP contribution in [0.1, 0.15) is 44.1 Å². The Morgan fingerprint density at radius 3 is 2.45 bits per heavy atom. The minimum Gasteiger partial charge on any atom is -0.508 e. The van der Waals surface area contributed by atoms with E-state index in [0.717, 1.165) is 37.7 Å². The van der Waals surface area contributed by atoms with E-state index in [2.05, 4.69) is 5.32 Å². The van der Waals surface area contributed by atoms with Gasteiger partial charge in [0.15, 0.2) is 0 Å². The van der Waals surface area contributed by atoms with Gasteiger partial charge in [-0.15, -0.1) is 11.6 Å². The van der Waals surface area contributed by atoms with Crippen LogP contribution in [0, 0.1) is 0 Å².